The molecule has 0 spiro atoms. The monoisotopic (exact) mass is 715 g/mol. The Kier molecular flexibility index (Phi) is 24.2. The average molecular weight is 715 g/mol. The summed E-state index contributed by atoms with van der Waals surface area (Å²) < 4.78 is 0. The van der Waals surface area contributed by atoms with Crippen molar-refractivity contribution in [2.75, 3.05) is 0 Å². The van der Waals surface area contributed by atoms with E-state index in [1.165, 1.54) is 66.8 Å². The molecule has 0 heterocycles. The molecule has 0 bridgehead atoms. The molecule has 282 valence electrons. The van der Waals surface area contributed by atoms with Gasteiger partial charge in [0.05, 0.1) is 0 Å². The van der Waals surface area contributed by atoms with E-state index < -0.39 is 0 Å². The summed E-state index contributed by atoms with van der Waals surface area (Å²) >= 11 is 0. The van der Waals surface area contributed by atoms with Crippen LogP contribution < -0.4 is 0 Å². The smallest absolute Gasteiger partial charge is 0.0231 e. The van der Waals surface area contributed by atoms with Crippen molar-refractivity contribution in [2.45, 2.75) is 83.1 Å². The Hall–Kier alpha value is -5.46. The Labute approximate surface area is 330 Å². The molecule has 0 saturated heterocycles. The molecule has 0 unspecified atom stereocenters. The van der Waals surface area contributed by atoms with Crippen LogP contribution in [0.15, 0.2) is 164 Å². The summed E-state index contributed by atoms with van der Waals surface area (Å²) in [6.45, 7) is 25.1. The number of benzene rings is 6. The van der Waals surface area contributed by atoms with Crippen LogP contribution in [0.4, 0.5) is 0 Å². The van der Waals surface area contributed by atoms with Crippen molar-refractivity contribution in [3.05, 3.63) is 231 Å². The number of rotatable bonds is 3. The van der Waals surface area contributed by atoms with Crippen molar-refractivity contribution < 1.29 is 0 Å². The van der Waals surface area contributed by atoms with Crippen LogP contribution in [-0.4, -0.2) is 0 Å². The minimum Gasteiger partial charge on any atom is -0.0871 e. The van der Waals surface area contributed by atoms with Gasteiger partial charge in [-0.2, -0.15) is 0 Å². The Balaban J connectivity index is 0.000000325. The average Bonchev–Trinajstić information content (AvgIpc) is 3.15. The van der Waals surface area contributed by atoms with Gasteiger partial charge in [-0.3, -0.25) is 0 Å². The number of hydrogen-bond acceptors (Lipinski definition) is 0. The molecule has 0 aliphatic carbocycles. The van der Waals surface area contributed by atoms with E-state index in [0.717, 1.165) is 0 Å². The molecule has 0 aromatic heterocycles. The predicted octanol–water partition coefficient (Wildman–Crippen LogP) is 16.0. The molecule has 0 amide bonds. The van der Waals surface area contributed by atoms with Crippen molar-refractivity contribution >= 4 is 18.2 Å². The van der Waals surface area contributed by atoms with E-state index in [-0.39, 0.29) is 0 Å². The second-order valence-electron chi connectivity index (χ2n) is 13.6. The first-order chi connectivity index (χ1) is 25.9. The van der Waals surface area contributed by atoms with Gasteiger partial charge >= 0.3 is 0 Å². The Morgan fingerprint density at radius 2 is 0.648 bits per heavy atom. The van der Waals surface area contributed by atoms with Gasteiger partial charge in [0, 0.05) is 0 Å². The standard InChI is InChI=1S/3C10H12.3C8H10/c1-3-6-10-8-5-4-7-9(10)2;1-3-5-10-7-4-6-9(2)8-10;1-3-4-10-7-5-9(2)6-8-10;1-7-3-5-8(2)6-4-7;1-7-4-3-5-8(2)6-7;1-7-5-3-4-6-8(7)2/h3*3-8H,1-2H3;3*3-6H,1-2H3. The maximum absolute atomic E-state index is 2.17. The van der Waals surface area contributed by atoms with Gasteiger partial charge < -0.3 is 0 Å². The summed E-state index contributed by atoms with van der Waals surface area (Å²) in [5, 5.41) is 0. The highest BCUT2D eigenvalue weighted by atomic mass is 13.9. The number of hydrogen-bond donors (Lipinski definition) is 0. The van der Waals surface area contributed by atoms with Crippen molar-refractivity contribution in [1.82, 2.24) is 0 Å². The van der Waals surface area contributed by atoms with E-state index in [4.69, 9.17) is 0 Å². The highest BCUT2D eigenvalue weighted by Gasteiger charge is 1.88. The fourth-order valence-electron chi connectivity index (χ4n) is 4.90. The molecule has 0 fully saturated rings. The summed E-state index contributed by atoms with van der Waals surface area (Å²) in [5.74, 6) is 0. The zero-order valence-corrected chi connectivity index (χ0v) is 35.3. The van der Waals surface area contributed by atoms with Crippen LogP contribution in [0.25, 0.3) is 18.2 Å². The van der Waals surface area contributed by atoms with Gasteiger partial charge in [-0.25, -0.2) is 0 Å². The quantitative estimate of drug-likeness (QED) is 0.171. The summed E-state index contributed by atoms with van der Waals surface area (Å²) in [7, 11) is 0. The lowest BCUT2D eigenvalue weighted by Gasteiger charge is -1.96. The van der Waals surface area contributed by atoms with Crippen molar-refractivity contribution in [2.24, 2.45) is 0 Å². The second kappa shape index (κ2) is 28.1. The van der Waals surface area contributed by atoms with Crippen LogP contribution in [0.2, 0.25) is 0 Å². The molecular weight excluding hydrogens is 649 g/mol. The minimum atomic E-state index is 1.27. The molecule has 0 N–H and O–H groups in total. The van der Waals surface area contributed by atoms with E-state index in [0.29, 0.717) is 0 Å². The third-order valence-electron chi connectivity index (χ3n) is 8.19. The SMILES string of the molecule is CC=Cc1ccc(C)cc1.CC=Cc1cccc(C)c1.CC=Cc1ccccc1C.Cc1ccc(C)cc1.Cc1cccc(C)c1.Cc1ccccc1C. The fourth-order valence-corrected chi connectivity index (χ4v) is 4.90. The van der Waals surface area contributed by atoms with Crippen LogP contribution in [0.5, 0.6) is 0 Å². The summed E-state index contributed by atoms with van der Waals surface area (Å²) in [5.41, 5.74) is 15.9. The fraction of sp³-hybridized carbons (Fsp3) is 0.222. The van der Waals surface area contributed by atoms with E-state index in [9.17, 15) is 0 Å². The van der Waals surface area contributed by atoms with Crippen LogP contribution in [0.3, 0.4) is 0 Å². The number of allylic oxidation sites excluding steroid dienone is 3. The maximum Gasteiger partial charge on any atom is -0.0231 e. The molecular formula is C54H66. The van der Waals surface area contributed by atoms with Crippen LogP contribution in [0, 0.1) is 62.3 Å². The molecule has 0 nitrogen and oxygen atoms in total. The molecule has 0 aliphatic rings. The predicted molar refractivity (Wildman–Crippen MR) is 245 cm³/mol. The minimum absolute atomic E-state index is 1.27. The van der Waals surface area contributed by atoms with Crippen LogP contribution in [-0.2, 0) is 0 Å². The molecule has 0 heteroatoms. The molecule has 6 aromatic rings. The largest absolute Gasteiger partial charge is 0.0871 e. The summed E-state index contributed by atoms with van der Waals surface area (Å²) in [6, 6.07) is 50.6. The summed E-state index contributed by atoms with van der Waals surface area (Å²) in [6.07, 6.45) is 12.5. The molecule has 0 atom stereocenters. The van der Waals surface area contributed by atoms with Gasteiger partial charge in [-0.15, -0.1) is 0 Å². The Bertz CT molecular complexity index is 1890. The second-order valence-corrected chi connectivity index (χ2v) is 13.6. The van der Waals surface area contributed by atoms with Crippen LogP contribution in [0.1, 0.15) is 87.5 Å². The van der Waals surface area contributed by atoms with Crippen molar-refractivity contribution in [3.63, 3.8) is 0 Å². The lowest BCUT2D eigenvalue weighted by Crippen LogP contribution is -1.76. The third kappa shape index (κ3) is 22.5. The zero-order valence-electron chi connectivity index (χ0n) is 35.3. The van der Waals surface area contributed by atoms with Gasteiger partial charge in [-0.05, 0) is 116 Å². The topological polar surface area (TPSA) is 0 Å². The third-order valence-corrected chi connectivity index (χ3v) is 8.19. The van der Waals surface area contributed by atoms with E-state index >= 15 is 0 Å². The van der Waals surface area contributed by atoms with Crippen LogP contribution >= 0.6 is 0 Å². The maximum atomic E-state index is 2.17. The molecule has 0 saturated carbocycles. The van der Waals surface area contributed by atoms with Gasteiger partial charge in [-0.1, -0.05) is 215 Å². The molecule has 54 heavy (non-hydrogen) atoms. The van der Waals surface area contributed by atoms with Gasteiger partial charge in [0.25, 0.3) is 0 Å². The Morgan fingerprint density at radius 3 is 1.02 bits per heavy atom. The summed E-state index contributed by atoms with van der Waals surface area (Å²) in [4.78, 5) is 0. The number of aryl methyl sites for hydroxylation is 9. The first-order valence-corrected chi connectivity index (χ1v) is 19.0. The molecule has 0 radical (unpaired) electrons. The Morgan fingerprint density at radius 1 is 0.278 bits per heavy atom. The molecule has 6 aromatic carbocycles. The van der Waals surface area contributed by atoms with Gasteiger partial charge in [0.2, 0.25) is 0 Å². The van der Waals surface area contributed by atoms with E-state index in [2.05, 4.69) is 238 Å². The first kappa shape index (κ1) is 46.6. The lowest BCUT2D eigenvalue weighted by molar-refractivity contribution is 1.34. The molecule has 0 aliphatic heterocycles. The normalized spacial score (nSPS) is 10.0. The van der Waals surface area contributed by atoms with Gasteiger partial charge in [0.1, 0.15) is 0 Å². The van der Waals surface area contributed by atoms with Crippen molar-refractivity contribution in [3.8, 4) is 0 Å². The van der Waals surface area contributed by atoms with Gasteiger partial charge in [0.15, 0.2) is 0 Å². The zero-order chi connectivity index (χ0) is 40.1. The lowest BCUT2D eigenvalue weighted by atomic mass is 10.1. The highest BCUT2D eigenvalue weighted by molar-refractivity contribution is 5.53. The van der Waals surface area contributed by atoms with E-state index in [1.54, 1.807) is 0 Å². The highest BCUT2D eigenvalue weighted by Crippen LogP contribution is 2.09. The van der Waals surface area contributed by atoms with E-state index in [1.807, 2.05) is 26.8 Å². The first-order valence-electron chi connectivity index (χ1n) is 19.0. The van der Waals surface area contributed by atoms with Crippen molar-refractivity contribution in [1.29, 1.82) is 0 Å². The molecule has 6 rings (SSSR count).